The number of fused-ring (bicyclic) bond motifs is 1. The number of hydrogen-bond donors (Lipinski definition) is 2. The van der Waals surface area contributed by atoms with Gasteiger partial charge in [0.15, 0.2) is 0 Å². The van der Waals surface area contributed by atoms with Crippen LogP contribution in [0.5, 0.6) is 5.75 Å². The minimum Gasteiger partial charge on any atom is -0.493 e. The first-order valence-corrected chi connectivity index (χ1v) is 9.84. The van der Waals surface area contributed by atoms with E-state index < -0.39 is 21.6 Å². The van der Waals surface area contributed by atoms with E-state index in [2.05, 4.69) is 9.46 Å². The van der Waals surface area contributed by atoms with Crippen LogP contribution in [0.25, 0.3) is 0 Å². The summed E-state index contributed by atoms with van der Waals surface area (Å²) in [7, 11) is -2.80. The molecule has 25 heavy (non-hydrogen) atoms. The molecule has 9 heteroatoms. The Labute approximate surface area is 149 Å². The van der Waals surface area contributed by atoms with Gasteiger partial charge in [0.25, 0.3) is 0 Å². The summed E-state index contributed by atoms with van der Waals surface area (Å²) in [5, 5.41) is 12.4. The van der Waals surface area contributed by atoms with Crippen molar-refractivity contribution in [2.45, 2.75) is 16.9 Å². The lowest BCUT2D eigenvalue weighted by molar-refractivity contribution is 0.00219. The van der Waals surface area contributed by atoms with E-state index in [1.807, 2.05) is 0 Å². The lowest BCUT2D eigenvalue weighted by Crippen LogP contribution is -2.44. The molecule has 2 aromatic rings. The second-order valence-electron chi connectivity index (χ2n) is 5.56. The number of methoxy groups -OCH3 is 1. The smallest absolute Gasteiger partial charge is 0.349 e. The monoisotopic (exact) mass is 383 g/mol. The van der Waals surface area contributed by atoms with Gasteiger partial charge >= 0.3 is 5.97 Å². The second-order valence-corrected chi connectivity index (χ2v) is 8.21. The van der Waals surface area contributed by atoms with Crippen LogP contribution < -0.4 is 9.46 Å². The maximum Gasteiger partial charge on any atom is 0.349 e. The molecule has 1 aliphatic rings. The molecule has 0 saturated carbocycles. The number of para-hydroxylation sites is 1. The molecule has 2 heterocycles. The Hall–Kier alpha value is -1.94. The molecule has 1 aliphatic heterocycles. The molecule has 0 bridgehead atoms. The van der Waals surface area contributed by atoms with Crippen LogP contribution in [-0.2, 0) is 20.4 Å². The van der Waals surface area contributed by atoms with E-state index in [-0.39, 0.29) is 29.3 Å². The number of rotatable bonds is 5. The molecule has 134 valence electrons. The van der Waals surface area contributed by atoms with E-state index in [0.717, 1.165) is 11.3 Å². The Kier molecular flexibility index (Phi) is 4.83. The van der Waals surface area contributed by atoms with Crippen molar-refractivity contribution in [3.63, 3.8) is 0 Å². The SMILES string of the molecule is COC(=O)c1sccc1S(=O)(=O)NCC1(O)CCOc2ccccc21. The standard InChI is InChI=1S/C16H17NO6S2/c1-22-15(18)14-13(6-9-24-14)25(20,21)17-10-16(19)7-8-23-12-5-3-2-4-11(12)16/h2-6,9,17,19H,7-8,10H2,1H3. The van der Waals surface area contributed by atoms with Crippen molar-refractivity contribution < 1.29 is 27.8 Å². The summed E-state index contributed by atoms with van der Waals surface area (Å²) >= 11 is 0.982. The van der Waals surface area contributed by atoms with E-state index in [0.29, 0.717) is 11.3 Å². The van der Waals surface area contributed by atoms with Crippen LogP contribution in [0.1, 0.15) is 21.7 Å². The van der Waals surface area contributed by atoms with Crippen LogP contribution in [0.2, 0.25) is 0 Å². The van der Waals surface area contributed by atoms with Crippen molar-refractivity contribution in [3.8, 4) is 5.75 Å². The molecule has 0 fully saturated rings. The fraction of sp³-hybridized carbons (Fsp3) is 0.312. The topological polar surface area (TPSA) is 102 Å². The van der Waals surface area contributed by atoms with E-state index in [9.17, 15) is 18.3 Å². The molecule has 2 N–H and O–H groups in total. The highest BCUT2D eigenvalue weighted by atomic mass is 32.2. The highest BCUT2D eigenvalue weighted by Crippen LogP contribution is 2.36. The first kappa shape index (κ1) is 17.9. The Bertz CT molecular complexity index is 892. The zero-order valence-electron chi connectivity index (χ0n) is 13.4. The van der Waals surface area contributed by atoms with E-state index >= 15 is 0 Å². The van der Waals surface area contributed by atoms with Crippen LogP contribution in [0.4, 0.5) is 0 Å². The van der Waals surface area contributed by atoms with Gasteiger partial charge in [-0.25, -0.2) is 17.9 Å². The number of hydrogen-bond acceptors (Lipinski definition) is 7. The Morgan fingerprint density at radius 3 is 2.92 bits per heavy atom. The predicted octanol–water partition coefficient (Wildman–Crippen LogP) is 1.48. The molecule has 1 unspecified atom stereocenters. The lowest BCUT2D eigenvalue weighted by atomic mass is 9.88. The van der Waals surface area contributed by atoms with Gasteiger partial charge in [0.2, 0.25) is 10.0 Å². The van der Waals surface area contributed by atoms with E-state index in [4.69, 9.17) is 4.74 Å². The minimum atomic E-state index is -3.98. The molecule has 1 aromatic heterocycles. The molecule has 3 rings (SSSR count). The molecular weight excluding hydrogens is 366 g/mol. The Balaban J connectivity index is 1.84. The summed E-state index contributed by atoms with van der Waals surface area (Å²) in [6.07, 6.45) is 0.250. The second kappa shape index (κ2) is 6.75. The highest BCUT2D eigenvalue weighted by Gasteiger charge is 2.37. The number of sulfonamides is 1. The Morgan fingerprint density at radius 1 is 1.40 bits per heavy atom. The van der Waals surface area contributed by atoms with Crippen molar-refractivity contribution in [3.05, 3.63) is 46.2 Å². The minimum absolute atomic E-state index is 0.00522. The van der Waals surface area contributed by atoms with Gasteiger partial charge in [0, 0.05) is 18.5 Å². The number of ether oxygens (including phenoxy) is 2. The van der Waals surface area contributed by atoms with Crippen molar-refractivity contribution in [1.29, 1.82) is 0 Å². The van der Waals surface area contributed by atoms with Gasteiger partial charge in [-0.15, -0.1) is 11.3 Å². The van der Waals surface area contributed by atoms with Gasteiger partial charge < -0.3 is 14.6 Å². The van der Waals surface area contributed by atoms with Crippen molar-refractivity contribution in [2.75, 3.05) is 20.3 Å². The quantitative estimate of drug-likeness (QED) is 0.759. The molecule has 7 nitrogen and oxygen atoms in total. The first-order chi connectivity index (χ1) is 11.9. The largest absolute Gasteiger partial charge is 0.493 e. The number of carbonyl (C=O) groups is 1. The number of benzene rings is 1. The van der Waals surface area contributed by atoms with Crippen LogP contribution in [0.3, 0.4) is 0 Å². The van der Waals surface area contributed by atoms with Gasteiger partial charge in [-0.2, -0.15) is 0 Å². The van der Waals surface area contributed by atoms with Crippen LogP contribution in [0.15, 0.2) is 40.6 Å². The molecule has 0 aliphatic carbocycles. The van der Waals surface area contributed by atoms with Crippen LogP contribution >= 0.6 is 11.3 Å². The van der Waals surface area contributed by atoms with Gasteiger partial charge in [0.1, 0.15) is 21.1 Å². The molecule has 1 aromatic carbocycles. The van der Waals surface area contributed by atoms with Gasteiger partial charge in [0.05, 0.1) is 13.7 Å². The zero-order chi connectivity index (χ0) is 18.1. The Morgan fingerprint density at radius 2 is 2.16 bits per heavy atom. The molecule has 0 amide bonds. The maximum absolute atomic E-state index is 12.6. The molecule has 0 saturated heterocycles. The molecule has 1 atom stereocenters. The van der Waals surface area contributed by atoms with Gasteiger partial charge in [-0.05, 0) is 17.5 Å². The summed E-state index contributed by atoms with van der Waals surface area (Å²) in [6, 6.07) is 8.29. The summed E-state index contributed by atoms with van der Waals surface area (Å²) in [5.41, 5.74) is -0.855. The maximum atomic E-state index is 12.6. The fourth-order valence-corrected chi connectivity index (χ4v) is 5.09. The van der Waals surface area contributed by atoms with Crippen molar-refractivity contribution >= 4 is 27.3 Å². The zero-order valence-corrected chi connectivity index (χ0v) is 15.0. The fourth-order valence-electron chi connectivity index (χ4n) is 2.67. The number of aliphatic hydroxyl groups is 1. The number of nitrogens with one attached hydrogen (secondary N) is 1. The van der Waals surface area contributed by atoms with E-state index in [1.54, 1.807) is 24.3 Å². The molecule has 0 spiro atoms. The average molecular weight is 383 g/mol. The number of thiophene rings is 1. The third-order valence-electron chi connectivity index (χ3n) is 4.01. The third kappa shape index (κ3) is 3.40. The summed E-state index contributed by atoms with van der Waals surface area (Å²) in [5.74, 6) is -0.188. The summed E-state index contributed by atoms with van der Waals surface area (Å²) in [4.78, 5) is 11.5. The number of carbonyl (C=O) groups excluding carboxylic acids is 1. The van der Waals surface area contributed by atoms with Gasteiger partial charge in [-0.3, -0.25) is 0 Å². The number of esters is 1. The summed E-state index contributed by atoms with van der Waals surface area (Å²) in [6.45, 7) is 0.0489. The predicted molar refractivity (Wildman–Crippen MR) is 91.3 cm³/mol. The van der Waals surface area contributed by atoms with Gasteiger partial charge in [-0.1, -0.05) is 18.2 Å². The highest BCUT2D eigenvalue weighted by molar-refractivity contribution is 7.89. The molecule has 0 radical (unpaired) electrons. The van der Waals surface area contributed by atoms with E-state index in [1.165, 1.54) is 18.6 Å². The molecular formula is C16H17NO6S2. The lowest BCUT2D eigenvalue weighted by Gasteiger charge is -2.34. The average Bonchev–Trinajstić information content (AvgIpc) is 3.11. The van der Waals surface area contributed by atoms with Crippen molar-refractivity contribution in [2.24, 2.45) is 0 Å². The first-order valence-electron chi connectivity index (χ1n) is 7.47. The van der Waals surface area contributed by atoms with Crippen LogP contribution in [-0.4, -0.2) is 39.8 Å². The van der Waals surface area contributed by atoms with Crippen molar-refractivity contribution in [1.82, 2.24) is 4.72 Å². The normalized spacial score (nSPS) is 19.8. The third-order valence-corrected chi connectivity index (χ3v) is 6.47. The van der Waals surface area contributed by atoms with Crippen LogP contribution in [0, 0.1) is 0 Å². The summed E-state index contributed by atoms with van der Waals surface area (Å²) < 4.78 is 37.6.